The van der Waals surface area contributed by atoms with E-state index in [4.69, 9.17) is 4.42 Å². The van der Waals surface area contributed by atoms with Crippen LogP contribution in [0, 0.1) is 0 Å². The summed E-state index contributed by atoms with van der Waals surface area (Å²) in [6.07, 6.45) is 0. The van der Waals surface area contributed by atoms with E-state index in [1.54, 1.807) is 0 Å². The molecule has 0 bridgehead atoms. The van der Waals surface area contributed by atoms with Crippen LogP contribution in [0.4, 0.5) is 17.1 Å². The second-order valence-corrected chi connectivity index (χ2v) is 15.6. The third-order valence-corrected chi connectivity index (χ3v) is 12.5. The third kappa shape index (κ3) is 4.63. The first-order chi connectivity index (χ1) is 27.8. The highest BCUT2D eigenvalue weighted by molar-refractivity contribution is 7.26. The average Bonchev–Trinajstić information content (AvgIpc) is 3.95. The molecule has 262 valence electrons. The van der Waals surface area contributed by atoms with Gasteiger partial charge in [-0.15, -0.1) is 11.3 Å². The number of benzene rings is 9. The highest BCUT2D eigenvalue weighted by Gasteiger charge is 2.23. The van der Waals surface area contributed by atoms with Gasteiger partial charge in [0, 0.05) is 53.1 Å². The first kappa shape index (κ1) is 31.2. The van der Waals surface area contributed by atoms with Gasteiger partial charge in [0.2, 0.25) is 0 Å². The van der Waals surface area contributed by atoms with Gasteiger partial charge in [-0.3, -0.25) is 0 Å². The highest BCUT2D eigenvalue weighted by atomic mass is 32.1. The van der Waals surface area contributed by atoms with E-state index < -0.39 is 0 Å². The minimum atomic E-state index is 0.876. The molecule has 0 N–H and O–H groups in total. The largest absolute Gasteiger partial charge is 0.455 e. The van der Waals surface area contributed by atoms with Crippen LogP contribution in [-0.2, 0) is 0 Å². The van der Waals surface area contributed by atoms with Gasteiger partial charge in [-0.25, -0.2) is 0 Å². The normalized spacial score (nSPS) is 11.9. The standard InChI is InChI=1S/C52H32N2OS/c1-2-13-36(14-3-1)53-43-18-8-6-16-39(43)42-32-35(27-31-44(42)53)33-24-28-37(29-25-33)54(46-20-11-23-49-51(46)40-17-7-9-22-48(40)56-49)45-19-10-21-47-50(45)41-30-26-34-12-4-5-15-38(34)52(41)55-47/h1-32H. The molecule has 12 rings (SSSR count). The van der Waals surface area contributed by atoms with E-state index >= 15 is 0 Å². The molecule has 0 aliphatic heterocycles. The van der Waals surface area contributed by atoms with Gasteiger partial charge in [-0.05, 0) is 95.4 Å². The Morgan fingerprint density at radius 3 is 1.98 bits per heavy atom. The Morgan fingerprint density at radius 2 is 1.11 bits per heavy atom. The zero-order chi connectivity index (χ0) is 36.7. The molecule has 0 radical (unpaired) electrons. The second kappa shape index (κ2) is 12.2. The summed E-state index contributed by atoms with van der Waals surface area (Å²) in [6, 6.07) is 70.2. The maximum Gasteiger partial charge on any atom is 0.143 e. The summed E-state index contributed by atoms with van der Waals surface area (Å²) in [7, 11) is 0. The lowest BCUT2D eigenvalue weighted by Gasteiger charge is -2.27. The molecule has 0 aliphatic rings. The van der Waals surface area contributed by atoms with Crippen molar-refractivity contribution in [2.75, 3.05) is 4.90 Å². The average molecular weight is 733 g/mol. The van der Waals surface area contributed by atoms with Crippen molar-refractivity contribution in [2.24, 2.45) is 0 Å². The Balaban J connectivity index is 1.06. The SMILES string of the molecule is c1ccc(-n2c3ccccc3c3cc(-c4ccc(N(c5cccc6oc7c8ccccc8ccc7c56)c5cccc6sc7ccccc7c56)cc4)ccc32)cc1. The molecule has 0 aliphatic carbocycles. The summed E-state index contributed by atoms with van der Waals surface area (Å²) in [5.41, 5.74) is 11.0. The van der Waals surface area contributed by atoms with Gasteiger partial charge in [0.25, 0.3) is 0 Å². The molecule has 3 nitrogen and oxygen atoms in total. The fourth-order valence-electron chi connectivity index (χ4n) is 8.88. The number of thiophene rings is 1. The van der Waals surface area contributed by atoms with Crippen molar-refractivity contribution in [3.05, 3.63) is 194 Å². The molecule has 0 atom stereocenters. The number of aromatic nitrogens is 1. The van der Waals surface area contributed by atoms with Crippen molar-refractivity contribution in [1.82, 2.24) is 4.57 Å². The Hall–Kier alpha value is -7.14. The lowest BCUT2D eigenvalue weighted by Crippen LogP contribution is -2.10. The summed E-state index contributed by atoms with van der Waals surface area (Å²) < 4.78 is 11.6. The van der Waals surface area contributed by atoms with Crippen molar-refractivity contribution in [2.45, 2.75) is 0 Å². The van der Waals surface area contributed by atoms with Gasteiger partial charge in [0.1, 0.15) is 11.2 Å². The molecule has 0 fully saturated rings. The number of furan rings is 1. The van der Waals surface area contributed by atoms with Crippen LogP contribution < -0.4 is 4.90 Å². The molecule has 56 heavy (non-hydrogen) atoms. The zero-order valence-electron chi connectivity index (χ0n) is 30.2. The summed E-state index contributed by atoms with van der Waals surface area (Å²) in [6.45, 7) is 0. The van der Waals surface area contributed by atoms with E-state index in [1.165, 1.54) is 58.5 Å². The molecule has 9 aromatic carbocycles. The van der Waals surface area contributed by atoms with E-state index in [0.29, 0.717) is 0 Å². The third-order valence-electron chi connectivity index (χ3n) is 11.4. The van der Waals surface area contributed by atoms with Gasteiger partial charge >= 0.3 is 0 Å². The lowest BCUT2D eigenvalue weighted by molar-refractivity contribution is 0.672. The predicted molar refractivity (Wildman–Crippen MR) is 239 cm³/mol. The predicted octanol–water partition coefficient (Wildman–Crippen LogP) is 15.3. The van der Waals surface area contributed by atoms with Crippen LogP contribution in [0.3, 0.4) is 0 Å². The van der Waals surface area contributed by atoms with E-state index in [1.807, 2.05) is 11.3 Å². The smallest absolute Gasteiger partial charge is 0.143 e. The molecule has 0 unspecified atom stereocenters. The van der Waals surface area contributed by atoms with Gasteiger partial charge < -0.3 is 13.9 Å². The van der Waals surface area contributed by atoms with E-state index in [9.17, 15) is 0 Å². The monoisotopic (exact) mass is 732 g/mol. The van der Waals surface area contributed by atoms with Gasteiger partial charge in [-0.1, -0.05) is 115 Å². The van der Waals surface area contributed by atoms with Crippen LogP contribution in [0.1, 0.15) is 0 Å². The molecule has 12 aromatic rings. The molecule has 0 amide bonds. The molecule has 3 heterocycles. The minimum absolute atomic E-state index is 0.876. The first-order valence-electron chi connectivity index (χ1n) is 19.0. The summed E-state index contributed by atoms with van der Waals surface area (Å²) in [5.74, 6) is 0. The van der Waals surface area contributed by atoms with Gasteiger partial charge in [0.15, 0.2) is 0 Å². The van der Waals surface area contributed by atoms with Crippen molar-refractivity contribution >= 4 is 103 Å². The van der Waals surface area contributed by atoms with Crippen LogP contribution in [-0.4, -0.2) is 4.57 Å². The Labute approximate surface area is 326 Å². The fourth-order valence-corrected chi connectivity index (χ4v) is 10.0. The molecule has 0 saturated carbocycles. The van der Waals surface area contributed by atoms with Crippen LogP contribution in [0.5, 0.6) is 0 Å². The van der Waals surface area contributed by atoms with Crippen molar-refractivity contribution < 1.29 is 4.42 Å². The van der Waals surface area contributed by atoms with Crippen molar-refractivity contribution in [3.8, 4) is 16.8 Å². The maximum absolute atomic E-state index is 6.72. The number of para-hydroxylation sites is 2. The number of hydrogen-bond donors (Lipinski definition) is 0. The first-order valence-corrected chi connectivity index (χ1v) is 19.8. The molecular weight excluding hydrogens is 701 g/mol. The van der Waals surface area contributed by atoms with Gasteiger partial charge in [-0.2, -0.15) is 0 Å². The minimum Gasteiger partial charge on any atom is -0.455 e. The molecule has 3 aromatic heterocycles. The molecule has 0 spiro atoms. The van der Waals surface area contributed by atoms with E-state index in [2.05, 4.69) is 204 Å². The molecule has 4 heteroatoms. The van der Waals surface area contributed by atoms with Crippen LogP contribution in [0.2, 0.25) is 0 Å². The summed E-state index contributed by atoms with van der Waals surface area (Å²) in [4.78, 5) is 2.44. The lowest BCUT2D eigenvalue weighted by atomic mass is 10.0. The van der Waals surface area contributed by atoms with Crippen molar-refractivity contribution in [1.29, 1.82) is 0 Å². The molecule has 0 saturated heterocycles. The van der Waals surface area contributed by atoms with Gasteiger partial charge in [0.05, 0.1) is 27.8 Å². The number of nitrogens with zero attached hydrogens (tertiary/aromatic N) is 2. The van der Waals surface area contributed by atoms with E-state index in [0.717, 1.165) is 50.1 Å². The number of anilines is 3. The van der Waals surface area contributed by atoms with Crippen molar-refractivity contribution in [3.63, 3.8) is 0 Å². The Morgan fingerprint density at radius 1 is 0.429 bits per heavy atom. The highest BCUT2D eigenvalue weighted by Crippen LogP contribution is 2.49. The number of hydrogen-bond acceptors (Lipinski definition) is 3. The second-order valence-electron chi connectivity index (χ2n) is 14.5. The van der Waals surface area contributed by atoms with Crippen LogP contribution in [0.15, 0.2) is 199 Å². The maximum atomic E-state index is 6.72. The number of fused-ring (bicyclic) bond motifs is 11. The van der Waals surface area contributed by atoms with Crippen LogP contribution >= 0.6 is 11.3 Å². The zero-order valence-corrected chi connectivity index (χ0v) is 31.0. The molecular formula is C52H32N2OS. The Kier molecular flexibility index (Phi) is 6.80. The van der Waals surface area contributed by atoms with Crippen LogP contribution in [0.25, 0.3) is 91.5 Å². The van der Waals surface area contributed by atoms with E-state index in [-0.39, 0.29) is 0 Å². The topological polar surface area (TPSA) is 21.3 Å². The quantitative estimate of drug-likeness (QED) is 0.176. The number of rotatable bonds is 5. The summed E-state index contributed by atoms with van der Waals surface area (Å²) in [5, 5.41) is 9.53. The fraction of sp³-hybridized carbons (Fsp3) is 0. The Bertz CT molecular complexity index is 3480. The summed E-state index contributed by atoms with van der Waals surface area (Å²) >= 11 is 1.85.